The van der Waals surface area contributed by atoms with E-state index in [2.05, 4.69) is 37.2 Å². The van der Waals surface area contributed by atoms with Gasteiger partial charge in [0.15, 0.2) is 23.0 Å². The SMILES string of the molecule is CNC(=O)C1NC(=O)C2NC(=O)C(NC(=O)C3NC(=O)C4NC(=O)C(Cc5ccc(c([N+](=O)[O-])c5)Oc5cc3cc(c5OC)Oc3ccc(cc3Cl)C2O)NC(=O)C(NC(=O)C(F)(F)F)c2ccc(OC)c(c2)Oc2cc(OC)cc4c2)c2ccc(OC)c(c2)-c2c(OC)cc(OC)cc21. The summed E-state index contributed by atoms with van der Waals surface area (Å²) in [6.45, 7) is 0. The summed E-state index contributed by atoms with van der Waals surface area (Å²) in [7, 11) is 8.85. The quantitative estimate of drug-likeness (QED) is 0.0554. The van der Waals surface area contributed by atoms with Crippen LogP contribution in [0.3, 0.4) is 0 Å². The number of likely N-dealkylation sites (N-methyl/N-ethyl adjacent to an activating group) is 1. The molecule has 6 heterocycles. The predicted molar refractivity (Wildman–Crippen MR) is 342 cm³/mol. The Balaban J connectivity index is 1.18. The van der Waals surface area contributed by atoms with E-state index in [0.29, 0.717) is 0 Å². The van der Waals surface area contributed by atoms with Gasteiger partial charge in [-0.2, -0.15) is 13.2 Å². The van der Waals surface area contributed by atoms with Crippen LogP contribution in [-0.2, 0) is 44.8 Å². The summed E-state index contributed by atoms with van der Waals surface area (Å²) in [5.41, 5.74) is -1.85. The van der Waals surface area contributed by atoms with Gasteiger partial charge >= 0.3 is 17.8 Å². The molecule has 13 rings (SSSR count). The van der Waals surface area contributed by atoms with Gasteiger partial charge < -0.3 is 90.3 Å². The molecule has 7 aromatic rings. The molecule has 0 fully saturated rings. The monoisotopic (exact) mass is 1400 g/mol. The van der Waals surface area contributed by atoms with Gasteiger partial charge in [-0.3, -0.25) is 48.5 Å². The smallest absolute Gasteiger partial charge is 0.471 e. The normalized spacial score (nSPS) is 20.4. The van der Waals surface area contributed by atoms with Gasteiger partial charge in [0.2, 0.25) is 52.8 Å². The van der Waals surface area contributed by atoms with Crippen LogP contribution in [0.4, 0.5) is 18.9 Å². The number of hydrogen-bond donors (Lipinski definition) is 9. The Hall–Kier alpha value is -12.1. The number of ether oxygens (including phenoxy) is 9. The van der Waals surface area contributed by atoms with E-state index in [9.17, 15) is 42.8 Å². The summed E-state index contributed by atoms with van der Waals surface area (Å²) in [5.74, 6) is -13.6. The number of methoxy groups -OCH3 is 6. The molecule has 29 nitrogen and oxygen atoms in total. The van der Waals surface area contributed by atoms with Crippen molar-refractivity contribution in [3.8, 4) is 80.1 Å². The largest absolute Gasteiger partial charge is 0.497 e. The van der Waals surface area contributed by atoms with Gasteiger partial charge in [-0.05, 0) is 112 Å². The molecule has 7 aromatic carbocycles. The number of amides is 8. The van der Waals surface area contributed by atoms with E-state index in [1.807, 2.05) is 0 Å². The number of benzene rings is 7. The van der Waals surface area contributed by atoms with Crippen LogP contribution in [0.1, 0.15) is 75.3 Å². The Labute approximate surface area is 569 Å². The molecule has 520 valence electrons. The van der Waals surface area contributed by atoms with Crippen molar-refractivity contribution in [1.29, 1.82) is 0 Å². The average molecular weight is 1400 g/mol. The van der Waals surface area contributed by atoms with Crippen LogP contribution in [0, 0.1) is 10.1 Å². The first-order chi connectivity index (χ1) is 47.8. The number of alkyl halides is 3. The highest BCUT2D eigenvalue weighted by Crippen LogP contribution is 2.49. The zero-order chi connectivity index (χ0) is 71.8. The molecule has 0 radical (unpaired) electrons. The first kappa shape index (κ1) is 69.3. The van der Waals surface area contributed by atoms with Gasteiger partial charge in [0.25, 0.3) is 0 Å². The lowest BCUT2D eigenvalue weighted by Crippen LogP contribution is -2.56. The molecular weight excluding hydrogens is 1340 g/mol. The number of nitrogens with one attached hydrogen (secondary N) is 8. The number of nitro benzene ring substituents is 1. The highest BCUT2D eigenvalue weighted by atomic mass is 35.5. The molecule has 0 saturated carbocycles. The number of aliphatic hydroxyl groups excluding tert-OH is 1. The number of carbonyl (C=O) groups excluding carboxylic acids is 8. The first-order valence-corrected chi connectivity index (χ1v) is 30.4. The summed E-state index contributed by atoms with van der Waals surface area (Å²) in [4.78, 5) is 133. The van der Waals surface area contributed by atoms with Crippen molar-refractivity contribution in [2.75, 3.05) is 49.7 Å². The van der Waals surface area contributed by atoms with Gasteiger partial charge in [-0.15, -0.1) is 0 Å². The van der Waals surface area contributed by atoms with Gasteiger partial charge in [0.05, 0.1) is 52.6 Å². The van der Waals surface area contributed by atoms with Crippen LogP contribution in [0.2, 0.25) is 5.02 Å². The van der Waals surface area contributed by atoms with Crippen molar-refractivity contribution in [1.82, 2.24) is 42.5 Å². The number of nitro groups is 1. The molecule has 0 saturated heterocycles. The summed E-state index contributed by atoms with van der Waals surface area (Å²) < 4.78 is 96.0. The van der Waals surface area contributed by atoms with E-state index in [-0.39, 0.29) is 113 Å². The van der Waals surface area contributed by atoms with Gasteiger partial charge in [-0.1, -0.05) is 35.9 Å². The standard InChI is InChI=1S/C67H59ClF3N9O20/c1-72-60(83)55-38-26-35(93-3)27-47(96-6)50(38)37-20-29(9-13-42(37)94-4)51-62(85)78-56(65(88)77-55)57(81)31-11-14-43(39(68)21-31)99-48-23-33-24-49(58(48)97-7)100-44-12-8-28(17-41(44)80(90)91)16-40-59(82)74-53(63(86)76-54(33)64(87)75-51)32-18-34(92-2)25-36(19-32)98-46-22-30(10-15-45(46)95-5)52(61(84)73-40)79-66(89)67(69,70)71/h8-15,17-27,40,51-57,81H,16H2,1-7H3,(H,72,83)(H,73,84)(H,74,82)(H,75,87)(H,76,86)(H,77,88)(H,78,85)(H,79,89). The molecule has 6 aliphatic heterocycles. The van der Waals surface area contributed by atoms with Crippen LogP contribution < -0.4 is 85.2 Å². The van der Waals surface area contributed by atoms with Crippen LogP contribution in [0.15, 0.2) is 115 Å². The molecule has 8 amide bonds. The van der Waals surface area contributed by atoms with E-state index >= 15 is 24.0 Å². The second-order valence-corrected chi connectivity index (χ2v) is 23.1. The predicted octanol–water partition coefficient (Wildman–Crippen LogP) is 6.44. The lowest BCUT2D eigenvalue weighted by Gasteiger charge is -2.32. The molecule has 0 spiro atoms. The van der Waals surface area contributed by atoms with Crippen LogP contribution in [0.5, 0.6) is 69.0 Å². The Kier molecular flexibility index (Phi) is 19.5. The maximum atomic E-state index is 16.2. The summed E-state index contributed by atoms with van der Waals surface area (Å²) in [6.07, 6.45) is -8.38. The second-order valence-electron chi connectivity index (χ2n) is 22.7. The third kappa shape index (κ3) is 13.8. The van der Waals surface area contributed by atoms with Crippen LogP contribution in [-0.4, -0.2) is 125 Å². The molecule has 100 heavy (non-hydrogen) atoms. The second kappa shape index (κ2) is 28.2. The molecule has 33 heteroatoms. The van der Waals surface area contributed by atoms with Crippen molar-refractivity contribution in [2.24, 2.45) is 0 Å². The minimum absolute atomic E-state index is 0.0241. The number of halogens is 4. The van der Waals surface area contributed by atoms with Crippen molar-refractivity contribution in [2.45, 2.75) is 61.0 Å². The number of aliphatic hydroxyl groups is 1. The van der Waals surface area contributed by atoms with Crippen LogP contribution >= 0.6 is 11.6 Å². The molecule has 9 N–H and O–H groups in total. The molecule has 6 aliphatic rings. The Morgan fingerprint density at radius 3 is 1.79 bits per heavy atom. The maximum absolute atomic E-state index is 16.2. The van der Waals surface area contributed by atoms with E-state index in [0.717, 1.165) is 37.4 Å². The van der Waals surface area contributed by atoms with Gasteiger partial charge in [-0.25, -0.2) is 0 Å². The number of carbonyl (C=O) groups is 8. The third-order valence-electron chi connectivity index (χ3n) is 16.7. The fourth-order valence-electron chi connectivity index (χ4n) is 11.8. The lowest BCUT2D eigenvalue weighted by atomic mass is 9.89. The number of nitrogens with zero attached hydrogens (tertiary/aromatic N) is 1. The Bertz CT molecular complexity index is 4540. The minimum atomic E-state index is -5.58. The topological polar surface area (TPSA) is 379 Å². The van der Waals surface area contributed by atoms with Crippen molar-refractivity contribution < 1.29 is 104 Å². The molecular formula is C67H59ClF3N9O20. The van der Waals surface area contributed by atoms with E-state index in [4.69, 9.17) is 54.2 Å². The average Bonchev–Trinajstić information content (AvgIpc) is 0.766. The molecule has 0 aliphatic carbocycles. The van der Waals surface area contributed by atoms with Crippen LogP contribution in [0.25, 0.3) is 11.1 Å². The van der Waals surface area contributed by atoms with E-state index in [1.54, 1.807) is 5.32 Å². The zero-order valence-electron chi connectivity index (χ0n) is 53.5. The third-order valence-corrected chi connectivity index (χ3v) is 17.0. The van der Waals surface area contributed by atoms with Gasteiger partial charge in [0, 0.05) is 42.8 Å². The maximum Gasteiger partial charge on any atom is 0.471 e. The lowest BCUT2D eigenvalue weighted by molar-refractivity contribution is -0.385. The van der Waals surface area contributed by atoms with Crippen molar-refractivity contribution >= 4 is 64.5 Å². The highest BCUT2D eigenvalue weighted by Gasteiger charge is 2.44. The number of hydrogen-bond acceptors (Lipinski definition) is 20. The molecule has 8 atom stereocenters. The van der Waals surface area contributed by atoms with Crippen molar-refractivity contribution in [3.63, 3.8) is 0 Å². The number of fused-ring (bicyclic) bond motifs is 14. The first-order valence-electron chi connectivity index (χ1n) is 30.0. The summed E-state index contributed by atoms with van der Waals surface area (Å²) >= 11 is 7.00. The molecule has 17 bridgehead atoms. The Morgan fingerprint density at radius 1 is 0.570 bits per heavy atom. The minimum Gasteiger partial charge on any atom is -0.497 e. The highest BCUT2D eigenvalue weighted by molar-refractivity contribution is 6.32. The van der Waals surface area contributed by atoms with Crippen molar-refractivity contribution in [3.05, 3.63) is 169 Å². The molecule has 8 unspecified atom stereocenters. The van der Waals surface area contributed by atoms with Gasteiger partial charge in [0.1, 0.15) is 82.9 Å². The van der Waals surface area contributed by atoms with E-state index in [1.165, 1.54) is 128 Å². The van der Waals surface area contributed by atoms with E-state index < -0.39 is 130 Å². The molecule has 0 aromatic heterocycles. The fourth-order valence-corrected chi connectivity index (χ4v) is 12.0. The number of rotatable bonds is 9. The summed E-state index contributed by atoms with van der Waals surface area (Å²) in [5, 5.41) is 45.0. The summed E-state index contributed by atoms with van der Waals surface area (Å²) in [6, 6.07) is 9.07. The fraction of sp³-hybridized carbons (Fsp3) is 0.254. The Morgan fingerprint density at radius 2 is 1.16 bits per heavy atom. The zero-order valence-corrected chi connectivity index (χ0v) is 54.2.